The molecule has 0 bridgehead atoms. The predicted molar refractivity (Wildman–Crippen MR) is 62.2 cm³/mol. The maximum atomic E-state index is 5.47. The number of nitrogens with zero attached hydrogens (tertiary/aromatic N) is 3. The zero-order chi connectivity index (χ0) is 11.5. The lowest BCUT2D eigenvalue weighted by molar-refractivity contribution is 0.0781. The number of nitrogens with one attached hydrogen (secondary N) is 1. The minimum absolute atomic E-state index is 0.381. The number of rotatable bonds is 2. The number of hydrogen-bond donors (Lipinski definition) is 1. The first-order chi connectivity index (χ1) is 8.43. The van der Waals surface area contributed by atoms with Crippen LogP contribution in [0.1, 0.15) is 24.6 Å². The van der Waals surface area contributed by atoms with Gasteiger partial charge < -0.3 is 14.4 Å². The lowest BCUT2D eigenvalue weighted by Crippen LogP contribution is -2.36. The molecule has 0 spiro atoms. The molecule has 1 unspecified atom stereocenters. The third-order valence-electron chi connectivity index (χ3n) is 3.33. The minimum atomic E-state index is 0.381. The standard InChI is InChI=1S/C11H18N4O2/c1-2-9(8-17-5-1)10-12-11(14-13-10)15-3-6-16-7-4-15/h9H,1-8H2,(H,12,13,14). The van der Waals surface area contributed by atoms with Crippen LogP contribution in [0.2, 0.25) is 0 Å². The second kappa shape index (κ2) is 5.01. The van der Waals surface area contributed by atoms with Gasteiger partial charge in [-0.2, -0.15) is 4.98 Å². The molecule has 0 saturated carbocycles. The van der Waals surface area contributed by atoms with Gasteiger partial charge >= 0.3 is 0 Å². The summed E-state index contributed by atoms with van der Waals surface area (Å²) in [7, 11) is 0. The zero-order valence-electron chi connectivity index (χ0n) is 9.89. The van der Waals surface area contributed by atoms with Crippen LogP contribution in [0.25, 0.3) is 0 Å². The highest BCUT2D eigenvalue weighted by atomic mass is 16.5. The Morgan fingerprint density at radius 1 is 1.18 bits per heavy atom. The van der Waals surface area contributed by atoms with E-state index in [1.807, 2.05) is 0 Å². The Morgan fingerprint density at radius 2 is 2.06 bits per heavy atom. The molecule has 1 N–H and O–H groups in total. The van der Waals surface area contributed by atoms with E-state index in [0.717, 1.165) is 64.1 Å². The van der Waals surface area contributed by atoms with Gasteiger partial charge in [0.2, 0.25) is 5.95 Å². The van der Waals surface area contributed by atoms with Gasteiger partial charge in [-0.3, -0.25) is 5.10 Å². The maximum Gasteiger partial charge on any atom is 0.244 e. The number of ether oxygens (including phenoxy) is 2. The van der Waals surface area contributed by atoms with Gasteiger partial charge in [0.1, 0.15) is 5.82 Å². The number of aromatic amines is 1. The van der Waals surface area contributed by atoms with Gasteiger partial charge in [0.05, 0.1) is 19.8 Å². The van der Waals surface area contributed by atoms with Gasteiger partial charge in [0.15, 0.2) is 0 Å². The van der Waals surface area contributed by atoms with Crippen molar-refractivity contribution in [3.8, 4) is 0 Å². The Balaban J connectivity index is 1.68. The molecule has 2 saturated heterocycles. The summed E-state index contributed by atoms with van der Waals surface area (Å²) >= 11 is 0. The first kappa shape index (κ1) is 11.0. The molecule has 2 aliphatic heterocycles. The number of hydrogen-bond acceptors (Lipinski definition) is 5. The average Bonchev–Trinajstić information content (AvgIpc) is 2.90. The zero-order valence-corrected chi connectivity index (χ0v) is 9.89. The Hall–Kier alpha value is -1.14. The molecule has 17 heavy (non-hydrogen) atoms. The van der Waals surface area contributed by atoms with Crippen molar-refractivity contribution in [2.24, 2.45) is 0 Å². The van der Waals surface area contributed by atoms with Crippen LogP contribution in [0.15, 0.2) is 0 Å². The summed E-state index contributed by atoms with van der Waals surface area (Å²) in [5.41, 5.74) is 0. The fourth-order valence-electron chi connectivity index (χ4n) is 2.31. The summed E-state index contributed by atoms with van der Waals surface area (Å²) in [6.45, 7) is 4.91. The molecule has 0 aliphatic carbocycles. The van der Waals surface area contributed by atoms with Crippen LogP contribution in [0.4, 0.5) is 5.95 Å². The van der Waals surface area contributed by atoms with Crippen LogP contribution in [-0.2, 0) is 9.47 Å². The van der Waals surface area contributed by atoms with Gasteiger partial charge in [-0.05, 0) is 12.8 Å². The summed E-state index contributed by atoms with van der Waals surface area (Å²) < 4.78 is 10.8. The van der Waals surface area contributed by atoms with Crippen molar-refractivity contribution in [3.63, 3.8) is 0 Å². The van der Waals surface area contributed by atoms with Gasteiger partial charge in [0, 0.05) is 25.6 Å². The van der Waals surface area contributed by atoms with Crippen molar-refractivity contribution in [3.05, 3.63) is 5.82 Å². The molecule has 6 heteroatoms. The second-order valence-corrected chi connectivity index (χ2v) is 4.53. The van der Waals surface area contributed by atoms with Crippen LogP contribution in [-0.4, -0.2) is 54.7 Å². The molecule has 2 fully saturated rings. The molecule has 0 radical (unpaired) electrons. The quantitative estimate of drug-likeness (QED) is 0.814. The van der Waals surface area contributed by atoms with E-state index in [-0.39, 0.29) is 0 Å². The maximum absolute atomic E-state index is 5.47. The first-order valence-electron chi connectivity index (χ1n) is 6.26. The van der Waals surface area contributed by atoms with Crippen molar-refractivity contribution in [2.75, 3.05) is 44.4 Å². The Labute approximate surface area is 100 Å². The molecule has 0 amide bonds. The van der Waals surface area contributed by atoms with Crippen LogP contribution in [0.3, 0.4) is 0 Å². The molecule has 1 aromatic heterocycles. The fraction of sp³-hybridized carbons (Fsp3) is 0.818. The molecular formula is C11H18N4O2. The van der Waals surface area contributed by atoms with Gasteiger partial charge in [-0.1, -0.05) is 0 Å². The molecular weight excluding hydrogens is 220 g/mol. The minimum Gasteiger partial charge on any atom is -0.381 e. The van der Waals surface area contributed by atoms with E-state index in [1.165, 1.54) is 0 Å². The summed E-state index contributed by atoms with van der Waals surface area (Å²) in [6, 6.07) is 0. The normalized spacial score (nSPS) is 26.1. The third-order valence-corrected chi connectivity index (χ3v) is 3.33. The highest BCUT2D eigenvalue weighted by Crippen LogP contribution is 2.23. The van der Waals surface area contributed by atoms with Crippen LogP contribution < -0.4 is 4.90 Å². The van der Waals surface area contributed by atoms with Crippen molar-refractivity contribution in [1.29, 1.82) is 0 Å². The fourth-order valence-corrected chi connectivity index (χ4v) is 2.31. The van der Waals surface area contributed by atoms with E-state index in [1.54, 1.807) is 0 Å². The second-order valence-electron chi connectivity index (χ2n) is 4.53. The first-order valence-corrected chi connectivity index (χ1v) is 6.26. The van der Waals surface area contributed by atoms with Gasteiger partial charge in [0.25, 0.3) is 0 Å². The summed E-state index contributed by atoms with van der Waals surface area (Å²) in [5.74, 6) is 2.14. The highest BCUT2D eigenvalue weighted by Gasteiger charge is 2.22. The number of H-pyrrole nitrogens is 1. The number of anilines is 1. The molecule has 6 nitrogen and oxygen atoms in total. The monoisotopic (exact) mass is 238 g/mol. The van der Waals surface area contributed by atoms with Gasteiger partial charge in [-0.25, -0.2) is 0 Å². The highest BCUT2D eigenvalue weighted by molar-refractivity contribution is 5.29. The molecule has 94 valence electrons. The number of aromatic nitrogens is 3. The van der Waals surface area contributed by atoms with E-state index in [2.05, 4.69) is 20.1 Å². The summed E-state index contributed by atoms with van der Waals surface area (Å²) in [4.78, 5) is 6.74. The van der Waals surface area contributed by atoms with Crippen LogP contribution in [0, 0.1) is 0 Å². The lowest BCUT2D eigenvalue weighted by atomic mass is 10.0. The van der Waals surface area contributed by atoms with E-state index >= 15 is 0 Å². The lowest BCUT2D eigenvalue weighted by Gasteiger charge is -2.25. The molecule has 2 aliphatic rings. The predicted octanol–water partition coefficient (Wildman–Crippen LogP) is 0.535. The van der Waals surface area contributed by atoms with E-state index < -0.39 is 0 Å². The largest absolute Gasteiger partial charge is 0.381 e. The Kier molecular flexibility index (Phi) is 3.24. The topological polar surface area (TPSA) is 63.3 Å². The van der Waals surface area contributed by atoms with Crippen molar-refractivity contribution >= 4 is 5.95 Å². The molecule has 0 aromatic carbocycles. The Morgan fingerprint density at radius 3 is 2.82 bits per heavy atom. The Bertz CT molecular complexity index is 324. The SMILES string of the molecule is C1COCC(c2nc(N3CCOCC3)n[nH]2)C1. The number of morpholine rings is 1. The molecule has 1 atom stereocenters. The summed E-state index contributed by atoms with van der Waals surface area (Å²) in [5, 5.41) is 7.34. The third kappa shape index (κ3) is 2.42. The van der Waals surface area contributed by atoms with E-state index in [4.69, 9.17) is 9.47 Å². The summed E-state index contributed by atoms with van der Waals surface area (Å²) in [6.07, 6.45) is 2.25. The molecule has 1 aromatic rings. The van der Waals surface area contributed by atoms with Crippen molar-refractivity contribution in [2.45, 2.75) is 18.8 Å². The van der Waals surface area contributed by atoms with Gasteiger partial charge in [-0.15, -0.1) is 5.10 Å². The van der Waals surface area contributed by atoms with Crippen molar-refractivity contribution in [1.82, 2.24) is 15.2 Å². The molecule has 3 rings (SSSR count). The van der Waals surface area contributed by atoms with Crippen molar-refractivity contribution < 1.29 is 9.47 Å². The van der Waals surface area contributed by atoms with E-state index in [9.17, 15) is 0 Å². The smallest absolute Gasteiger partial charge is 0.244 e. The van der Waals surface area contributed by atoms with Crippen LogP contribution in [0.5, 0.6) is 0 Å². The molecule has 3 heterocycles. The van der Waals surface area contributed by atoms with E-state index in [0.29, 0.717) is 5.92 Å². The van der Waals surface area contributed by atoms with Crippen LogP contribution >= 0.6 is 0 Å². The average molecular weight is 238 g/mol.